The number of hydrogen-bond acceptors (Lipinski definition) is 4. The maximum absolute atomic E-state index is 12.3. The second kappa shape index (κ2) is 7.77. The van der Waals surface area contributed by atoms with Gasteiger partial charge in [0, 0.05) is 29.7 Å². The first-order valence-corrected chi connectivity index (χ1v) is 8.42. The van der Waals surface area contributed by atoms with Crippen LogP contribution >= 0.6 is 15.9 Å². The van der Waals surface area contributed by atoms with E-state index < -0.39 is 0 Å². The lowest BCUT2D eigenvalue weighted by molar-refractivity contribution is 0.0118. The summed E-state index contributed by atoms with van der Waals surface area (Å²) in [6.07, 6.45) is 1.67. The lowest BCUT2D eigenvalue weighted by Gasteiger charge is -2.33. The Morgan fingerprint density at radius 2 is 2.09 bits per heavy atom. The molecule has 6 heteroatoms. The number of rotatable bonds is 5. The Morgan fingerprint density at radius 1 is 1.26 bits per heavy atom. The molecule has 1 N–H and O–H groups in total. The van der Waals surface area contributed by atoms with E-state index in [9.17, 15) is 4.79 Å². The van der Waals surface area contributed by atoms with E-state index >= 15 is 0 Å². The van der Waals surface area contributed by atoms with Crippen LogP contribution in [0.2, 0.25) is 0 Å². The summed E-state index contributed by atoms with van der Waals surface area (Å²) in [7, 11) is 0. The van der Waals surface area contributed by atoms with Crippen molar-refractivity contribution in [2.24, 2.45) is 0 Å². The standard InChI is InChI=1S/C17H19BrN2O3/c18-14-4-1-3-13(11-14)17(21)19-12-15(16-5-2-8-23-16)20-6-9-22-10-7-20/h1-5,8,11,15H,6-7,9-10,12H2,(H,19,21). The van der Waals surface area contributed by atoms with E-state index in [1.54, 1.807) is 12.3 Å². The average molecular weight is 379 g/mol. The van der Waals surface area contributed by atoms with Crippen LogP contribution in [0, 0.1) is 0 Å². The van der Waals surface area contributed by atoms with Gasteiger partial charge in [-0.05, 0) is 30.3 Å². The fraction of sp³-hybridized carbons (Fsp3) is 0.353. The molecular formula is C17H19BrN2O3. The summed E-state index contributed by atoms with van der Waals surface area (Å²) in [6, 6.07) is 11.2. The van der Waals surface area contributed by atoms with Gasteiger partial charge in [0.25, 0.3) is 5.91 Å². The fourth-order valence-corrected chi connectivity index (χ4v) is 3.10. The molecule has 0 radical (unpaired) electrons. The van der Waals surface area contributed by atoms with Crippen molar-refractivity contribution in [1.82, 2.24) is 10.2 Å². The van der Waals surface area contributed by atoms with Gasteiger partial charge in [-0.3, -0.25) is 9.69 Å². The molecule has 122 valence electrons. The smallest absolute Gasteiger partial charge is 0.251 e. The van der Waals surface area contributed by atoms with E-state index in [-0.39, 0.29) is 11.9 Å². The van der Waals surface area contributed by atoms with Crippen molar-refractivity contribution in [2.45, 2.75) is 6.04 Å². The van der Waals surface area contributed by atoms with Crippen LogP contribution in [0.3, 0.4) is 0 Å². The van der Waals surface area contributed by atoms with E-state index in [0.29, 0.717) is 25.3 Å². The third-order valence-corrected chi connectivity index (χ3v) is 4.39. The van der Waals surface area contributed by atoms with E-state index in [2.05, 4.69) is 26.1 Å². The van der Waals surface area contributed by atoms with Crippen molar-refractivity contribution < 1.29 is 13.9 Å². The van der Waals surface area contributed by atoms with Gasteiger partial charge >= 0.3 is 0 Å². The third-order valence-electron chi connectivity index (χ3n) is 3.90. The number of morpholine rings is 1. The van der Waals surface area contributed by atoms with Crippen LogP contribution in [-0.4, -0.2) is 43.7 Å². The minimum Gasteiger partial charge on any atom is -0.468 e. The van der Waals surface area contributed by atoms with Gasteiger partial charge in [-0.15, -0.1) is 0 Å². The van der Waals surface area contributed by atoms with Crippen LogP contribution in [-0.2, 0) is 4.74 Å². The van der Waals surface area contributed by atoms with E-state index in [1.165, 1.54) is 0 Å². The summed E-state index contributed by atoms with van der Waals surface area (Å²) in [5, 5.41) is 3.01. The van der Waals surface area contributed by atoms with Gasteiger partial charge in [0.1, 0.15) is 5.76 Å². The zero-order valence-electron chi connectivity index (χ0n) is 12.7. The molecule has 1 aliphatic rings. The minimum absolute atomic E-state index is 0.0185. The molecule has 0 saturated carbocycles. The van der Waals surface area contributed by atoms with Crippen LogP contribution in [0.4, 0.5) is 0 Å². The highest BCUT2D eigenvalue weighted by molar-refractivity contribution is 9.10. The van der Waals surface area contributed by atoms with Gasteiger partial charge in [-0.2, -0.15) is 0 Å². The van der Waals surface area contributed by atoms with Gasteiger partial charge in [0.2, 0.25) is 0 Å². The maximum atomic E-state index is 12.3. The summed E-state index contributed by atoms with van der Waals surface area (Å²) in [6.45, 7) is 3.57. The molecule has 1 unspecified atom stereocenters. The van der Waals surface area contributed by atoms with Crippen LogP contribution < -0.4 is 5.32 Å². The number of benzene rings is 1. The monoisotopic (exact) mass is 378 g/mol. The van der Waals surface area contributed by atoms with Crippen molar-refractivity contribution in [3.8, 4) is 0 Å². The van der Waals surface area contributed by atoms with Crippen molar-refractivity contribution in [1.29, 1.82) is 0 Å². The van der Waals surface area contributed by atoms with Gasteiger partial charge in [-0.25, -0.2) is 0 Å². The molecule has 1 atom stereocenters. The molecule has 0 aliphatic carbocycles. The molecule has 0 spiro atoms. The largest absolute Gasteiger partial charge is 0.468 e. The molecule has 1 amide bonds. The third kappa shape index (κ3) is 4.22. The highest BCUT2D eigenvalue weighted by Crippen LogP contribution is 2.22. The first-order valence-electron chi connectivity index (χ1n) is 7.63. The zero-order valence-corrected chi connectivity index (χ0v) is 14.3. The van der Waals surface area contributed by atoms with Gasteiger partial charge in [0.15, 0.2) is 0 Å². The number of ether oxygens (including phenoxy) is 1. The van der Waals surface area contributed by atoms with E-state index in [4.69, 9.17) is 9.15 Å². The molecule has 23 heavy (non-hydrogen) atoms. The Balaban J connectivity index is 1.67. The van der Waals surface area contributed by atoms with Crippen LogP contribution in [0.25, 0.3) is 0 Å². The summed E-state index contributed by atoms with van der Waals surface area (Å²) in [5.41, 5.74) is 0.638. The summed E-state index contributed by atoms with van der Waals surface area (Å²) in [4.78, 5) is 14.6. The Morgan fingerprint density at radius 3 is 2.78 bits per heavy atom. The molecule has 3 rings (SSSR count). The van der Waals surface area contributed by atoms with Crippen LogP contribution in [0.1, 0.15) is 22.2 Å². The Hall–Kier alpha value is -1.63. The highest BCUT2D eigenvalue weighted by atomic mass is 79.9. The van der Waals surface area contributed by atoms with Crippen LogP contribution in [0.5, 0.6) is 0 Å². The van der Waals surface area contributed by atoms with Crippen molar-refractivity contribution in [3.63, 3.8) is 0 Å². The predicted octanol–water partition coefficient (Wildman–Crippen LogP) is 2.85. The number of halogens is 1. The topological polar surface area (TPSA) is 54.7 Å². The molecule has 2 aromatic rings. The van der Waals surface area contributed by atoms with Crippen molar-refractivity contribution >= 4 is 21.8 Å². The van der Waals surface area contributed by atoms with Crippen molar-refractivity contribution in [3.05, 3.63) is 58.5 Å². The lowest BCUT2D eigenvalue weighted by Crippen LogP contribution is -2.43. The first-order chi connectivity index (χ1) is 11.2. The fourth-order valence-electron chi connectivity index (χ4n) is 2.70. The van der Waals surface area contributed by atoms with Gasteiger partial charge < -0.3 is 14.5 Å². The molecule has 5 nitrogen and oxygen atoms in total. The molecule has 1 fully saturated rings. The molecule has 0 bridgehead atoms. The van der Waals surface area contributed by atoms with E-state index in [0.717, 1.165) is 23.3 Å². The molecule has 1 aliphatic heterocycles. The number of amides is 1. The number of carbonyl (C=O) groups excluding carboxylic acids is 1. The number of nitrogens with zero attached hydrogens (tertiary/aromatic N) is 1. The average Bonchev–Trinajstić information content (AvgIpc) is 3.10. The second-order valence-corrected chi connectivity index (χ2v) is 6.32. The molecule has 1 aromatic heterocycles. The van der Waals surface area contributed by atoms with E-state index in [1.807, 2.05) is 30.3 Å². The molecule has 2 heterocycles. The summed E-state index contributed by atoms with van der Waals surface area (Å²) in [5.74, 6) is 0.776. The SMILES string of the molecule is O=C(NCC(c1ccco1)N1CCOCC1)c1cccc(Br)c1. The maximum Gasteiger partial charge on any atom is 0.251 e. The second-order valence-electron chi connectivity index (χ2n) is 5.40. The quantitative estimate of drug-likeness (QED) is 0.868. The zero-order chi connectivity index (χ0) is 16.1. The lowest BCUT2D eigenvalue weighted by atomic mass is 10.1. The highest BCUT2D eigenvalue weighted by Gasteiger charge is 2.25. The number of furan rings is 1. The van der Waals surface area contributed by atoms with Gasteiger partial charge in [-0.1, -0.05) is 22.0 Å². The summed E-state index contributed by atoms with van der Waals surface area (Å²) < 4.78 is 11.9. The van der Waals surface area contributed by atoms with Crippen LogP contribution in [0.15, 0.2) is 51.6 Å². The number of nitrogens with one attached hydrogen (secondary N) is 1. The number of hydrogen-bond donors (Lipinski definition) is 1. The van der Waals surface area contributed by atoms with Crippen molar-refractivity contribution in [2.75, 3.05) is 32.8 Å². The summed E-state index contributed by atoms with van der Waals surface area (Å²) >= 11 is 3.39. The molecular weight excluding hydrogens is 360 g/mol. The number of carbonyl (C=O) groups is 1. The molecule has 1 aromatic carbocycles. The minimum atomic E-state index is -0.0869. The predicted molar refractivity (Wildman–Crippen MR) is 90.3 cm³/mol. The first kappa shape index (κ1) is 16.2. The molecule has 1 saturated heterocycles. The Bertz CT molecular complexity index is 639. The normalized spacial score (nSPS) is 16.9. The van der Waals surface area contributed by atoms with Gasteiger partial charge in [0.05, 0.1) is 25.5 Å². The Labute approximate surface area is 143 Å². The Kier molecular flexibility index (Phi) is 5.48.